The van der Waals surface area contributed by atoms with E-state index in [4.69, 9.17) is 0 Å². The van der Waals surface area contributed by atoms with Gasteiger partial charge in [-0.15, -0.1) is 0 Å². The molecule has 0 saturated carbocycles. The molecule has 0 aromatic heterocycles. The van der Waals surface area contributed by atoms with E-state index in [0.717, 1.165) is 25.7 Å². The van der Waals surface area contributed by atoms with Crippen molar-refractivity contribution in [2.24, 2.45) is 15.9 Å². The number of unbranched alkanes of at least 4 members (excludes halogenated alkanes) is 1. The minimum atomic E-state index is 0.582. The van der Waals surface area contributed by atoms with Crippen molar-refractivity contribution in [2.45, 2.75) is 51.9 Å². The Labute approximate surface area is 103 Å². The average molecular weight is 238 g/mol. The van der Waals surface area contributed by atoms with Crippen molar-refractivity contribution in [3.05, 3.63) is 0 Å². The van der Waals surface area contributed by atoms with Gasteiger partial charge in [0, 0.05) is 0 Å². The van der Waals surface area contributed by atoms with E-state index in [1.807, 2.05) is 0 Å². The van der Waals surface area contributed by atoms with E-state index in [1.165, 1.54) is 19.3 Å². The van der Waals surface area contributed by atoms with Gasteiger partial charge in [-0.3, -0.25) is 0 Å². The molecule has 0 atom stereocenters. The number of isocyanates is 2. The van der Waals surface area contributed by atoms with Crippen molar-refractivity contribution in [2.75, 3.05) is 13.1 Å². The predicted molar refractivity (Wildman–Crippen MR) is 67.5 cm³/mol. The molecule has 17 heavy (non-hydrogen) atoms. The zero-order valence-corrected chi connectivity index (χ0v) is 10.7. The molecule has 0 unspecified atom stereocenters. The minimum Gasteiger partial charge on any atom is -0.211 e. The van der Waals surface area contributed by atoms with Gasteiger partial charge in [0.05, 0.1) is 13.1 Å². The van der Waals surface area contributed by atoms with Crippen molar-refractivity contribution in [3.8, 4) is 0 Å². The Morgan fingerprint density at radius 1 is 0.882 bits per heavy atom. The first-order chi connectivity index (χ1) is 8.35. The Bertz CT molecular complexity index is 243. The van der Waals surface area contributed by atoms with Crippen LogP contribution in [0.5, 0.6) is 0 Å². The van der Waals surface area contributed by atoms with Crippen molar-refractivity contribution < 1.29 is 9.59 Å². The Morgan fingerprint density at radius 2 is 1.35 bits per heavy atom. The molecule has 0 N–H and O–H groups in total. The molecular formula is C13H22N2O2. The van der Waals surface area contributed by atoms with Crippen LogP contribution in [-0.4, -0.2) is 25.2 Å². The van der Waals surface area contributed by atoms with Gasteiger partial charge in [0.1, 0.15) is 0 Å². The Kier molecular flexibility index (Phi) is 11.9. The number of nitrogens with zero attached hydrogens (tertiary/aromatic N) is 2. The molecule has 4 heteroatoms. The highest BCUT2D eigenvalue weighted by molar-refractivity contribution is 5.32. The Balaban J connectivity index is 3.77. The van der Waals surface area contributed by atoms with Crippen molar-refractivity contribution in [1.29, 1.82) is 0 Å². The molecular weight excluding hydrogens is 216 g/mol. The van der Waals surface area contributed by atoms with Crippen LogP contribution in [0, 0.1) is 5.92 Å². The molecule has 0 heterocycles. The van der Waals surface area contributed by atoms with Crippen LogP contribution in [0.25, 0.3) is 0 Å². The molecule has 0 aliphatic carbocycles. The summed E-state index contributed by atoms with van der Waals surface area (Å²) in [4.78, 5) is 27.0. The van der Waals surface area contributed by atoms with E-state index < -0.39 is 0 Å². The van der Waals surface area contributed by atoms with Gasteiger partial charge in [-0.05, 0) is 31.6 Å². The zero-order valence-electron chi connectivity index (χ0n) is 10.7. The summed E-state index contributed by atoms with van der Waals surface area (Å²) in [7, 11) is 0. The minimum absolute atomic E-state index is 0.582. The topological polar surface area (TPSA) is 58.9 Å². The fourth-order valence-corrected chi connectivity index (χ4v) is 1.94. The second-order valence-electron chi connectivity index (χ2n) is 4.24. The Morgan fingerprint density at radius 3 is 1.76 bits per heavy atom. The maximum atomic E-state index is 9.92. The van der Waals surface area contributed by atoms with Crippen LogP contribution >= 0.6 is 0 Å². The lowest BCUT2D eigenvalue weighted by Crippen LogP contribution is -2.02. The third-order valence-corrected chi connectivity index (χ3v) is 2.86. The van der Waals surface area contributed by atoms with Crippen molar-refractivity contribution >= 4 is 12.2 Å². The second-order valence-corrected chi connectivity index (χ2v) is 4.24. The van der Waals surface area contributed by atoms with Crippen LogP contribution in [0.3, 0.4) is 0 Å². The molecule has 0 radical (unpaired) electrons. The van der Waals surface area contributed by atoms with Gasteiger partial charge in [-0.25, -0.2) is 19.6 Å². The van der Waals surface area contributed by atoms with Crippen LogP contribution in [-0.2, 0) is 9.59 Å². The molecule has 0 amide bonds. The highest BCUT2D eigenvalue weighted by atomic mass is 16.1. The predicted octanol–water partition coefficient (Wildman–Crippen LogP) is 3.02. The molecule has 0 aliphatic heterocycles. The summed E-state index contributed by atoms with van der Waals surface area (Å²) in [6.45, 7) is 3.35. The van der Waals surface area contributed by atoms with E-state index in [2.05, 4.69) is 16.9 Å². The zero-order chi connectivity index (χ0) is 12.8. The Hall–Kier alpha value is -1.24. The number of rotatable bonds is 11. The average Bonchev–Trinajstić information content (AvgIpc) is 2.35. The molecule has 0 saturated heterocycles. The van der Waals surface area contributed by atoms with Gasteiger partial charge in [0.15, 0.2) is 0 Å². The second kappa shape index (κ2) is 12.8. The standard InChI is InChI=1S/C13H22N2O2/c1-2-3-6-13(7-4-9-14-11-16)8-5-10-15-12-17/h13H,2-10H2,1H3. The van der Waals surface area contributed by atoms with Crippen LogP contribution in [0.1, 0.15) is 51.9 Å². The molecule has 0 aliphatic rings. The molecule has 4 nitrogen and oxygen atoms in total. The third kappa shape index (κ3) is 11.0. The molecule has 0 aromatic rings. The molecule has 0 fully saturated rings. The number of hydrogen-bond acceptors (Lipinski definition) is 4. The van der Waals surface area contributed by atoms with E-state index in [-0.39, 0.29) is 0 Å². The smallest absolute Gasteiger partial charge is 0.211 e. The van der Waals surface area contributed by atoms with E-state index >= 15 is 0 Å². The number of carbonyl (C=O) groups excluding carboxylic acids is 2. The highest BCUT2D eigenvalue weighted by Crippen LogP contribution is 2.20. The summed E-state index contributed by atoms with van der Waals surface area (Å²) in [5.74, 6) is 0.665. The first-order valence-corrected chi connectivity index (χ1v) is 6.42. The third-order valence-electron chi connectivity index (χ3n) is 2.86. The van der Waals surface area contributed by atoms with Crippen LogP contribution in [0.4, 0.5) is 0 Å². The van der Waals surface area contributed by atoms with Gasteiger partial charge in [0.25, 0.3) is 0 Å². The maximum Gasteiger partial charge on any atom is 0.234 e. The van der Waals surface area contributed by atoms with E-state index in [1.54, 1.807) is 12.2 Å². The lowest BCUT2D eigenvalue weighted by molar-refractivity contribution is 0.390. The monoisotopic (exact) mass is 238 g/mol. The van der Waals surface area contributed by atoms with Gasteiger partial charge in [-0.2, -0.15) is 0 Å². The van der Waals surface area contributed by atoms with Gasteiger partial charge in [-0.1, -0.05) is 26.2 Å². The molecule has 0 bridgehead atoms. The van der Waals surface area contributed by atoms with E-state index in [0.29, 0.717) is 19.0 Å². The summed E-state index contributed by atoms with van der Waals surface area (Å²) >= 11 is 0. The molecule has 0 aromatic carbocycles. The van der Waals surface area contributed by atoms with Crippen LogP contribution < -0.4 is 0 Å². The number of hydrogen-bond donors (Lipinski definition) is 0. The largest absolute Gasteiger partial charge is 0.234 e. The summed E-state index contributed by atoms with van der Waals surface area (Å²) in [6.07, 6.45) is 10.9. The fourth-order valence-electron chi connectivity index (χ4n) is 1.94. The summed E-state index contributed by atoms with van der Waals surface area (Å²) < 4.78 is 0. The summed E-state index contributed by atoms with van der Waals surface area (Å²) in [5.41, 5.74) is 0. The van der Waals surface area contributed by atoms with Gasteiger partial charge >= 0.3 is 0 Å². The normalized spacial score (nSPS) is 11.4. The van der Waals surface area contributed by atoms with Crippen molar-refractivity contribution in [3.63, 3.8) is 0 Å². The molecule has 0 rings (SSSR count). The first-order valence-electron chi connectivity index (χ1n) is 6.42. The summed E-state index contributed by atoms with van der Waals surface area (Å²) in [6, 6.07) is 0. The molecule has 0 spiro atoms. The van der Waals surface area contributed by atoms with Crippen LogP contribution in [0.15, 0.2) is 9.98 Å². The fraction of sp³-hybridized carbons (Fsp3) is 0.846. The lowest BCUT2D eigenvalue weighted by atomic mass is 9.92. The highest BCUT2D eigenvalue weighted by Gasteiger charge is 2.07. The van der Waals surface area contributed by atoms with Gasteiger partial charge in [0.2, 0.25) is 12.2 Å². The molecule has 96 valence electrons. The summed E-state index contributed by atoms with van der Waals surface area (Å²) in [5, 5.41) is 0. The quantitative estimate of drug-likeness (QED) is 0.315. The first kappa shape index (κ1) is 15.8. The lowest BCUT2D eigenvalue weighted by Gasteiger charge is -2.15. The maximum absolute atomic E-state index is 9.92. The van der Waals surface area contributed by atoms with E-state index in [9.17, 15) is 9.59 Å². The van der Waals surface area contributed by atoms with Crippen LogP contribution in [0.2, 0.25) is 0 Å². The SMILES string of the molecule is CCCCC(CCCN=C=O)CCCN=C=O. The van der Waals surface area contributed by atoms with Gasteiger partial charge < -0.3 is 0 Å². The van der Waals surface area contributed by atoms with Crippen molar-refractivity contribution in [1.82, 2.24) is 0 Å². The number of aliphatic imine (C=N–C) groups is 2.